The minimum atomic E-state index is -0.187. The summed E-state index contributed by atoms with van der Waals surface area (Å²) in [6, 6.07) is 9.80. The van der Waals surface area contributed by atoms with Crippen LogP contribution in [0.25, 0.3) is 11.0 Å². The van der Waals surface area contributed by atoms with Crippen LogP contribution in [0.3, 0.4) is 0 Å². The van der Waals surface area contributed by atoms with Gasteiger partial charge in [-0.1, -0.05) is 12.1 Å². The van der Waals surface area contributed by atoms with Crippen molar-refractivity contribution in [3.05, 3.63) is 53.9 Å². The number of H-pyrrole nitrogens is 1. The second kappa shape index (κ2) is 9.49. The Labute approximate surface area is 183 Å². The Morgan fingerprint density at radius 1 is 1.26 bits per heavy atom. The summed E-state index contributed by atoms with van der Waals surface area (Å²) in [5.74, 6) is 1.81. The molecule has 0 aliphatic carbocycles. The number of carbonyl (C=O) groups excluding carboxylic acids is 1. The van der Waals surface area contributed by atoms with E-state index in [-0.39, 0.29) is 17.9 Å². The molecule has 7 nitrogen and oxygen atoms in total. The van der Waals surface area contributed by atoms with E-state index in [1.165, 1.54) is 0 Å². The van der Waals surface area contributed by atoms with Gasteiger partial charge in [0.1, 0.15) is 17.1 Å². The lowest BCUT2D eigenvalue weighted by Crippen LogP contribution is -2.43. The fourth-order valence-electron chi connectivity index (χ4n) is 4.23. The number of aromatic amines is 1. The van der Waals surface area contributed by atoms with Gasteiger partial charge in [-0.15, -0.1) is 0 Å². The maximum atomic E-state index is 12.7. The number of nitrogens with zero attached hydrogens (tertiary/aromatic N) is 2. The summed E-state index contributed by atoms with van der Waals surface area (Å²) < 4.78 is 6.15. The van der Waals surface area contributed by atoms with Crippen molar-refractivity contribution in [2.75, 3.05) is 33.7 Å². The van der Waals surface area contributed by atoms with Gasteiger partial charge in [-0.3, -0.25) is 4.79 Å². The van der Waals surface area contributed by atoms with Gasteiger partial charge in [0.15, 0.2) is 0 Å². The predicted octanol–water partition coefficient (Wildman–Crippen LogP) is 3.18. The molecular weight excluding hydrogens is 390 g/mol. The summed E-state index contributed by atoms with van der Waals surface area (Å²) in [5.41, 5.74) is 3.08. The van der Waals surface area contributed by atoms with Crippen LogP contribution < -0.4 is 15.4 Å². The van der Waals surface area contributed by atoms with Crippen LogP contribution in [0.15, 0.2) is 42.7 Å². The Morgan fingerprint density at radius 3 is 2.84 bits per heavy atom. The van der Waals surface area contributed by atoms with Gasteiger partial charge in [-0.25, -0.2) is 4.98 Å². The number of hydrogen-bond donors (Lipinski definition) is 3. The highest BCUT2D eigenvalue weighted by Gasteiger charge is 2.33. The van der Waals surface area contributed by atoms with Gasteiger partial charge < -0.3 is 25.3 Å². The maximum absolute atomic E-state index is 12.7. The Balaban J connectivity index is 1.41. The molecule has 1 amide bonds. The zero-order chi connectivity index (χ0) is 21.8. The van der Waals surface area contributed by atoms with Crippen molar-refractivity contribution in [2.45, 2.75) is 31.7 Å². The molecule has 2 unspecified atom stereocenters. The molecule has 0 spiro atoms. The Bertz CT molecular complexity index is 1030. The van der Waals surface area contributed by atoms with E-state index in [2.05, 4.69) is 37.6 Å². The quantitative estimate of drug-likeness (QED) is 0.487. The highest BCUT2D eigenvalue weighted by Crippen LogP contribution is 2.33. The number of amides is 1. The molecule has 7 heteroatoms. The SMILES string of the molecule is Cc1c[nH]c2nccc(Oc3ccc(C4CCNC4C(=O)NCCCN(C)C)cc3)c12. The van der Waals surface area contributed by atoms with Gasteiger partial charge in [0, 0.05) is 24.9 Å². The Hall–Kier alpha value is -2.90. The first kappa shape index (κ1) is 21.3. The molecule has 31 heavy (non-hydrogen) atoms. The number of hydrogen-bond acceptors (Lipinski definition) is 5. The van der Waals surface area contributed by atoms with E-state index >= 15 is 0 Å². The van der Waals surface area contributed by atoms with Gasteiger partial charge in [-0.05, 0) is 76.3 Å². The molecule has 1 fully saturated rings. The molecule has 2 aromatic heterocycles. The largest absolute Gasteiger partial charge is 0.457 e. The van der Waals surface area contributed by atoms with Crippen molar-refractivity contribution in [1.29, 1.82) is 0 Å². The van der Waals surface area contributed by atoms with Crippen LogP contribution in [0, 0.1) is 6.92 Å². The van der Waals surface area contributed by atoms with Gasteiger partial charge in [0.05, 0.1) is 11.4 Å². The Morgan fingerprint density at radius 2 is 2.06 bits per heavy atom. The molecule has 0 bridgehead atoms. The molecule has 1 aliphatic heterocycles. The van der Waals surface area contributed by atoms with Gasteiger partial charge in [0.25, 0.3) is 0 Å². The van der Waals surface area contributed by atoms with Crippen molar-refractivity contribution in [3.63, 3.8) is 0 Å². The van der Waals surface area contributed by atoms with Crippen molar-refractivity contribution in [2.24, 2.45) is 0 Å². The first-order valence-electron chi connectivity index (χ1n) is 10.9. The number of nitrogens with one attached hydrogen (secondary N) is 3. The number of aromatic nitrogens is 2. The Kier molecular flexibility index (Phi) is 6.53. The molecule has 2 atom stereocenters. The number of aryl methyl sites for hydroxylation is 1. The van der Waals surface area contributed by atoms with Crippen LogP contribution in [0.4, 0.5) is 0 Å². The molecule has 164 valence electrons. The van der Waals surface area contributed by atoms with Crippen molar-refractivity contribution in [1.82, 2.24) is 25.5 Å². The molecule has 1 aliphatic rings. The third kappa shape index (κ3) is 4.89. The van der Waals surface area contributed by atoms with Gasteiger partial charge in [0.2, 0.25) is 5.91 Å². The van der Waals surface area contributed by atoms with Crippen LogP contribution in [-0.4, -0.2) is 60.5 Å². The normalized spacial score (nSPS) is 18.6. The summed E-state index contributed by atoms with van der Waals surface area (Å²) in [6.45, 7) is 4.55. The third-order valence-electron chi connectivity index (χ3n) is 5.85. The van der Waals surface area contributed by atoms with Gasteiger partial charge in [-0.2, -0.15) is 0 Å². The lowest BCUT2D eigenvalue weighted by molar-refractivity contribution is -0.123. The number of fused-ring (bicyclic) bond motifs is 1. The van der Waals surface area contributed by atoms with Crippen LogP contribution in [0.1, 0.15) is 29.9 Å². The molecule has 3 N–H and O–H groups in total. The summed E-state index contributed by atoms with van der Waals surface area (Å²) in [6.07, 6.45) is 5.58. The molecule has 4 rings (SSSR count). The standard InChI is InChI=1S/C24H31N5O2/c1-16-15-28-23-21(16)20(10-13-26-23)31-18-7-5-17(6-8-18)19-9-12-25-22(19)24(30)27-11-4-14-29(2)3/h5-8,10,13,15,19,22,25H,4,9,11-12,14H2,1-3H3,(H,26,28)(H,27,30). The minimum absolute atomic E-state index is 0.0868. The number of rotatable bonds is 8. The first-order chi connectivity index (χ1) is 15.0. The van der Waals surface area contributed by atoms with Crippen LogP contribution in [-0.2, 0) is 4.79 Å². The van der Waals surface area contributed by atoms with Crippen molar-refractivity contribution in [3.8, 4) is 11.5 Å². The van der Waals surface area contributed by atoms with Crippen LogP contribution in [0.5, 0.6) is 11.5 Å². The number of pyridine rings is 1. The average molecular weight is 422 g/mol. The molecule has 3 heterocycles. The fraction of sp³-hybridized carbons (Fsp3) is 0.417. The minimum Gasteiger partial charge on any atom is -0.457 e. The summed E-state index contributed by atoms with van der Waals surface area (Å²) in [7, 11) is 4.08. The second-order valence-electron chi connectivity index (χ2n) is 8.45. The van der Waals surface area contributed by atoms with E-state index < -0.39 is 0 Å². The summed E-state index contributed by atoms with van der Waals surface area (Å²) in [4.78, 5) is 22.3. The van der Waals surface area contributed by atoms with E-state index in [1.807, 2.05) is 45.4 Å². The maximum Gasteiger partial charge on any atom is 0.237 e. The summed E-state index contributed by atoms with van der Waals surface area (Å²) >= 11 is 0. The fourth-order valence-corrected chi connectivity index (χ4v) is 4.23. The van der Waals surface area contributed by atoms with E-state index in [9.17, 15) is 4.79 Å². The monoisotopic (exact) mass is 421 g/mol. The zero-order valence-corrected chi connectivity index (χ0v) is 18.4. The second-order valence-corrected chi connectivity index (χ2v) is 8.45. The average Bonchev–Trinajstić information content (AvgIpc) is 3.39. The molecule has 3 aromatic rings. The first-order valence-corrected chi connectivity index (χ1v) is 10.9. The number of ether oxygens (including phenoxy) is 1. The number of benzene rings is 1. The van der Waals surface area contributed by atoms with Gasteiger partial charge >= 0.3 is 0 Å². The smallest absolute Gasteiger partial charge is 0.237 e. The topological polar surface area (TPSA) is 82.3 Å². The van der Waals surface area contributed by atoms with Crippen molar-refractivity contribution >= 4 is 16.9 Å². The van der Waals surface area contributed by atoms with E-state index in [1.54, 1.807) is 6.20 Å². The van der Waals surface area contributed by atoms with E-state index in [4.69, 9.17) is 4.74 Å². The zero-order valence-electron chi connectivity index (χ0n) is 18.4. The lowest BCUT2D eigenvalue weighted by Gasteiger charge is -2.20. The van der Waals surface area contributed by atoms with Crippen LogP contribution in [0.2, 0.25) is 0 Å². The highest BCUT2D eigenvalue weighted by molar-refractivity contribution is 5.86. The predicted molar refractivity (Wildman–Crippen MR) is 123 cm³/mol. The molecule has 1 saturated heterocycles. The molecular formula is C24H31N5O2. The molecule has 0 saturated carbocycles. The summed E-state index contributed by atoms with van der Waals surface area (Å²) in [5, 5.41) is 7.45. The van der Waals surface area contributed by atoms with Crippen molar-refractivity contribution < 1.29 is 9.53 Å². The number of carbonyl (C=O) groups is 1. The molecule has 0 radical (unpaired) electrons. The van der Waals surface area contributed by atoms with Crippen LogP contribution >= 0.6 is 0 Å². The molecule has 1 aromatic carbocycles. The van der Waals surface area contributed by atoms with E-state index in [0.29, 0.717) is 6.54 Å². The third-order valence-corrected chi connectivity index (χ3v) is 5.85. The van der Waals surface area contributed by atoms with E-state index in [0.717, 1.165) is 59.6 Å². The lowest BCUT2D eigenvalue weighted by atomic mass is 9.91. The highest BCUT2D eigenvalue weighted by atomic mass is 16.5.